The van der Waals surface area contributed by atoms with Gasteiger partial charge in [0.2, 0.25) is 11.1 Å². The number of carbonyl (C=O) groups is 7. The number of carboxylic acids is 2. The molecule has 2 fully saturated rings. The number of anilines is 1. The van der Waals surface area contributed by atoms with Gasteiger partial charge in [0.05, 0.1) is 23.3 Å². The molecule has 400 valence electrons. The molecule has 5 aliphatic rings. The molecule has 5 atom stereocenters. The van der Waals surface area contributed by atoms with Gasteiger partial charge in [-0.2, -0.15) is 4.57 Å². The summed E-state index contributed by atoms with van der Waals surface area (Å²) in [5, 5.41) is 57.5. The van der Waals surface area contributed by atoms with Gasteiger partial charge in [0.25, 0.3) is 23.6 Å². The number of tetrazole rings is 1. The molecule has 5 amide bonds. The maximum absolute atomic E-state index is 13.5. The Kier molecular flexibility index (Phi) is 17.8. The summed E-state index contributed by atoms with van der Waals surface area (Å²) in [4.78, 5) is 116. The summed E-state index contributed by atoms with van der Waals surface area (Å²) in [6, 6.07) is 7.40. The van der Waals surface area contributed by atoms with E-state index in [1.54, 1.807) is 19.4 Å². The number of aromatic amines is 1. The van der Waals surface area contributed by atoms with Crippen molar-refractivity contribution >= 4 is 98.9 Å². The van der Waals surface area contributed by atoms with Gasteiger partial charge >= 0.3 is 29.6 Å². The number of thiazole rings is 1. The van der Waals surface area contributed by atoms with Crippen LogP contribution in [0.3, 0.4) is 0 Å². The number of aliphatic carboxylic acids is 2. The zero-order valence-corrected chi connectivity index (χ0v) is 47.0. The van der Waals surface area contributed by atoms with Crippen LogP contribution >= 0.6 is 46.6 Å². The number of rotatable bonds is 16. The maximum atomic E-state index is 13.5. The van der Waals surface area contributed by atoms with Crippen LogP contribution in [0.2, 0.25) is 0 Å². The summed E-state index contributed by atoms with van der Waals surface area (Å²) in [7, 11) is 2.93. The van der Waals surface area contributed by atoms with Crippen LogP contribution in [0.5, 0.6) is 5.75 Å². The smallest absolute Gasteiger partial charge is 0.543 e. The Balaban J connectivity index is 0.000000206. The number of thioether (sulfide) groups is 3. The molecule has 4 aromatic heterocycles. The van der Waals surface area contributed by atoms with Gasteiger partial charge in [0.15, 0.2) is 34.7 Å². The Labute approximate surface area is 481 Å². The van der Waals surface area contributed by atoms with Crippen molar-refractivity contribution in [2.75, 3.05) is 30.1 Å². The summed E-state index contributed by atoms with van der Waals surface area (Å²) < 4.78 is 3.49. The van der Waals surface area contributed by atoms with Gasteiger partial charge < -0.3 is 56.4 Å². The number of nitrogens with zero attached hydrogens (tertiary/aromatic N) is 9. The summed E-state index contributed by atoms with van der Waals surface area (Å²) in [6.07, 6.45) is 6.18. The standard InChI is InChI=1S/C25H24N8O7S2.C22H22N6O5S2.Na/c1-11-7-16(35)15(8-26-11)20(36)27-17(12-3-5-14(34)6-4-12)21(37)28-18-22(38)33-19(24(39)40)13(9-41-23(18)33)10-42-25-29-30-31-32(25)2;1-33-26-15(13-10-35-22(23)24-13)18(29)25-16-19(30)28-17(21(31)32)12(9-34-20(16)28)8-27-7-3-5-11-4-2-6-14(11)27;/h3-8,17-18,23,34H,9-10H2,1-2H3,(H,26,35)(H,27,36)(H,28,37)(H,39,40);3,5,7,10,16,20H,2,4,6,8-9H2,1H3,(H3-,23,24,25,29,31,32);/q;;+1/p-1/b;26-15-;/t17-,18-,23-;16-,20-;/m11./s1. The van der Waals surface area contributed by atoms with Crippen LogP contribution in [0.25, 0.3) is 0 Å². The Hall–Kier alpha value is -7.09. The van der Waals surface area contributed by atoms with Gasteiger partial charge in [-0.25, -0.2) is 9.67 Å². The number of benzene rings is 1. The average molecular weight is 1150 g/mol. The SMILES string of the molecule is CO/N=C(\C(=O)N[C@@H]1C(=O)N2C(C(=O)[O-])=C(C[n+]3cccc4c3CCC4)CS[C@H]12)c1csc(N)n1.Cc1cc(=O)c(C(=O)N[C@@H](C(=O)N[C@@H]2C(=O)N3C(C(=O)[O-])=C(CSc4nnnn4C)CS[C@H]23)c2ccc(O)cc2)c[nH]1.[Na+]. The number of H-pyrrole nitrogens is 1. The van der Waals surface area contributed by atoms with E-state index >= 15 is 0 Å². The predicted molar refractivity (Wildman–Crippen MR) is 272 cm³/mol. The number of nitrogen functional groups attached to an aromatic ring is 1. The molecule has 4 aliphatic heterocycles. The van der Waals surface area contributed by atoms with Crippen molar-refractivity contribution in [3.63, 3.8) is 0 Å². The van der Waals surface area contributed by atoms with Crippen LogP contribution in [0.4, 0.5) is 5.13 Å². The number of pyridine rings is 2. The number of aromatic hydroxyl groups is 1. The van der Waals surface area contributed by atoms with Crippen molar-refractivity contribution in [1.82, 2.24) is 55.9 Å². The Bertz CT molecular complexity index is 3400. The van der Waals surface area contributed by atoms with E-state index in [-0.39, 0.29) is 85.9 Å². The van der Waals surface area contributed by atoms with Crippen LogP contribution in [-0.2, 0) is 60.0 Å². The molecular weight excluding hydrogens is 1100 g/mol. The Morgan fingerprint density at radius 2 is 1.65 bits per heavy atom. The van der Waals surface area contributed by atoms with Crippen molar-refractivity contribution < 1.29 is 87.8 Å². The molecule has 0 bridgehead atoms. The van der Waals surface area contributed by atoms with E-state index in [1.165, 1.54) is 99.8 Å². The van der Waals surface area contributed by atoms with E-state index in [0.717, 1.165) is 35.5 Å². The number of aromatic nitrogens is 7. The number of β-lactam (4-membered cyclic amide) rings is 2. The fraction of sp³-hybridized carbons (Fsp3) is 0.319. The minimum Gasteiger partial charge on any atom is -0.543 e. The van der Waals surface area contributed by atoms with Crippen molar-refractivity contribution in [2.24, 2.45) is 12.2 Å². The van der Waals surface area contributed by atoms with Crippen LogP contribution in [0.1, 0.15) is 51.0 Å². The van der Waals surface area contributed by atoms with E-state index in [9.17, 15) is 53.7 Å². The predicted octanol–water partition coefficient (Wildman–Crippen LogP) is -5.46. The fourth-order valence-corrected chi connectivity index (χ4v) is 13.3. The first-order valence-electron chi connectivity index (χ1n) is 23.3. The van der Waals surface area contributed by atoms with Gasteiger partial charge in [-0.15, -0.1) is 40.0 Å². The third-order valence-corrected chi connectivity index (χ3v) is 17.2. The number of fused-ring (bicyclic) bond motifs is 3. The zero-order valence-electron chi connectivity index (χ0n) is 41.8. The number of phenolic OH excluding ortho intramolecular Hbond substituents is 1. The van der Waals surface area contributed by atoms with Crippen molar-refractivity contribution in [1.29, 1.82) is 0 Å². The molecule has 10 rings (SSSR count). The number of amides is 5. The Morgan fingerprint density at radius 3 is 2.27 bits per heavy atom. The maximum Gasteiger partial charge on any atom is 1.00 e. The number of nitrogens with two attached hydrogens (primary N) is 1. The number of aryl methyl sites for hydroxylation is 3. The van der Waals surface area contributed by atoms with Crippen LogP contribution in [0, 0.1) is 6.92 Å². The molecule has 8 heterocycles. The van der Waals surface area contributed by atoms with Crippen molar-refractivity contribution in [3.8, 4) is 5.75 Å². The molecule has 26 nitrogen and oxygen atoms in total. The Morgan fingerprint density at radius 1 is 0.987 bits per heavy atom. The minimum absolute atomic E-state index is 0. The van der Waals surface area contributed by atoms with E-state index in [2.05, 4.69) is 57.2 Å². The van der Waals surface area contributed by atoms with Crippen LogP contribution in [0.15, 0.2) is 97.9 Å². The molecule has 0 unspecified atom stereocenters. The number of hydrogen-bond acceptors (Lipinski definition) is 22. The molecule has 2 saturated heterocycles. The average Bonchev–Trinajstić information content (AvgIpc) is 4.18. The van der Waals surface area contributed by atoms with Crippen molar-refractivity contribution in [2.45, 2.75) is 66.8 Å². The topological polar surface area (TPSA) is 369 Å². The first-order chi connectivity index (χ1) is 36.9. The van der Waals surface area contributed by atoms with Crippen molar-refractivity contribution in [3.05, 3.63) is 127 Å². The van der Waals surface area contributed by atoms with E-state index < -0.39 is 75.8 Å². The van der Waals surface area contributed by atoms with Gasteiger partial charge in [-0.1, -0.05) is 29.1 Å². The number of phenols is 1. The second-order valence-electron chi connectivity index (χ2n) is 17.7. The normalized spacial score (nSPS) is 19.6. The van der Waals surface area contributed by atoms with E-state index in [0.29, 0.717) is 34.3 Å². The van der Waals surface area contributed by atoms with Gasteiger partial charge in [0.1, 0.15) is 53.0 Å². The quantitative estimate of drug-likeness (QED) is 0.0134. The molecule has 7 N–H and O–H groups in total. The molecule has 5 aromatic rings. The second kappa shape index (κ2) is 24.3. The molecule has 31 heteroatoms. The molecule has 0 spiro atoms. The first kappa shape index (κ1) is 57.1. The first-order valence-corrected chi connectivity index (χ1v) is 27.2. The molecular formula is C47H45N14NaO12S4. The molecule has 0 saturated carbocycles. The van der Waals surface area contributed by atoms with Gasteiger partial charge in [0, 0.05) is 71.3 Å². The largest absolute Gasteiger partial charge is 1.00 e. The zero-order chi connectivity index (χ0) is 54.8. The number of oxime groups is 1. The van der Waals surface area contributed by atoms with Crippen LogP contribution < -0.4 is 71.5 Å². The number of carbonyl (C=O) groups excluding carboxylic acids is 7. The number of carboxylic acid groups (broad SMARTS) is 2. The van der Waals surface area contributed by atoms with E-state index in [1.807, 2.05) is 12.3 Å². The molecule has 0 radical (unpaired) electrons. The third-order valence-electron chi connectivity index (χ3n) is 12.8. The van der Waals surface area contributed by atoms with Gasteiger partial charge in [-0.3, -0.25) is 38.6 Å². The molecule has 1 aliphatic carbocycles. The summed E-state index contributed by atoms with van der Waals surface area (Å²) in [5.41, 5.74) is 8.90. The number of nitrogens with one attached hydrogen (secondary N) is 4. The molecule has 78 heavy (non-hydrogen) atoms. The molecule has 1 aromatic carbocycles. The van der Waals surface area contributed by atoms with Gasteiger partial charge in [-0.05, 0) is 59.5 Å². The number of hydrogen-bond donors (Lipinski definition) is 6. The monoisotopic (exact) mass is 1150 g/mol. The third kappa shape index (κ3) is 11.7. The second-order valence-corrected chi connectivity index (χ2v) is 21.7. The summed E-state index contributed by atoms with van der Waals surface area (Å²) in [6.45, 7) is 2.01. The minimum atomic E-state index is -1.53. The summed E-state index contributed by atoms with van der Waals surface area (Å²) in [5.74, 6) is -5.63. The van der Waals surface area contributed by atoms with E-state index in [4.69, 9.17) is 10.6 Å². The van der Waals surface area contributed by atoms with Crippen LogP contribution in [-0.4, -0.2) is 139 Å². The fourth-order valence-electron chi connectivity index (χ4n) is 9.10. The summed E-state index contributed by atoms with van der Waals surface area (Å²) >= 11 is 5.00.